The van der Waals surface area contributed by atoms with Gasteiger partial charge in [0.1, 0.15) is 0 Å². The average molecular weight is 636 g/mol. The Morgan fingerprint density at radius 2 is 1.12 bits per heavy atom. The first-order valence-electron chi connectivity index (χ1n) is 16.3. The number of fused-ring (bicyclic) bond motifs is 6. The molecule has 0 saturated carbocycles. The molecule has 0 spiro atoms. The van der Waals surface area contributed by atoms with Crippen molar-refractivity contribution in [2.75, 3.05) is 0 Å². The number of hydrogen-bond acceptors (Lipinski definition) is 2. The van der Waals surface area contributed by atoms with Crippen molar-refractivity contribution in [3.63, 3.8) is 0 Å². The second-order valence-corrected chi connectivity index (χ2v) is 12.3. The number of hydrogen-bond donors (Lipinski definition) is 0. The molecule has 9 aromatic rings. The molecule has 0 bridgehead atoms. The fourth-order valence-electron chi connectivity index (χ4n) is 7.46. The Balaban J connectivity index is 1.26. The van der Waals surface area contributed by atoms with E-state index in [2.05, 4.69) is 92.8 Å². The fourth-order valence-corrected chi connectivity index (χ4v) is 7.46. The molecule has 230 valence electrons. The maximum Gasteiger partial charge on any atom is 0.195 e. The lowest BCUT2D eigenvalue weighted by molar-refractivity contribution is 1.18. The van der Waals surface area contributed by atoms with Crippen molar-refractivity contribution in [3.05, 3.63) is 174 Å². The van der Waals surface area contributed by atoms with Crippen LogP contribution < -0.4 is 0 Å². The molecular weight excluding hydrogens is 611 g/mol. The largest absolute Gasteiger partial charge is 0.309 e. The van der Waals surface area contributed by atoms with Crippen LogP contribution in [-0.2, 0) is 0 Å². The van der Waals surface area contributed by atoms with Crippen LogP contribution in [0.25, 0.3) is 82.1 Å². The van der Waals surface area contributed by atoms with Crippen LogP contribution in [0.1, 0.15) is 11.1 Å². The van der Waals surface area contributed by atoms with E-state index in [0.717, 1.165) is 77.2 Å². The van der Waals surface area contributed by atoms with Crippen LogP contribution in [0.5, 0.6) is 0 Å². The van der Waals surface area contributed by atoms with E-state index in [0.29, 0.717) is 16.8 Å². The normalized spacial score (nSPS) is 11.1. The molecule has 5 nitrogen and oxygen atoms in total. The van der Waals surface area contributed by atoms with Crippen LogP contribution >= 0.6 is 0 Å². The van der Waals surface area contributed by atoms with E-state index in [4.69, 9.17) is 6.57 Å². The van der Waals surface area contributed by atoms with Crippen molar-refractivity contribution >= 4 is 49.3 Å². The highest BCUT2D eigenvalue weighted by Gasteiger charge is 2.19. The maximum atomic E-state index is 10.4. The monoisotopic (exact) mass is 635 g/mol. The highest BCUT2D eigenvalue weighted by molar-refractivity contribution is 6.11. The molecule has 0 amide bonds. The molecule has 0 aliphatic rings. The number of aromatic nitrogens is 2. The minimum Gasteiger partial charge on any atom is -0.309 e. The van der Waals surface area contributed by atoms with E-state index in [-0.39, 0.29) is 0 Å². The fraction of sp³-hybridized carbons (Fsp3) is 0. The van der Waals surface area contributed by atoms with Gasteiger partial charge in [0, 0.05) is 32.8 Å². The van der Waals surface area contributed by atoms with Crippen molar-refractivity contribution in [2.45, 2.75) is 0 Å². The van der Waals surface area contributed by atoms with Crippen LogP contribution in [-0.4, -0.2) is 9.13 Å². The molecule has 2 heterocycles. The van der Waals surface area contributed by atoms with Gasteiger partial charge < -0.3 is 9.13 Å². The third-order valence-electron chi connectivity index (χ3n) is 9.61. The zero-order valence-electron chi connectivity index (χ0n) is 26.7. The van der Waals surface area contributed by atoms with Crippen molar-refractivity contribution < 1.29 is 0 Å². The quantitative estimate of drug-likeness (QED) is 0.181. The van der Waals surface area contributed by atoms with Crippen LogP contribution in [0.2, 0.25) is 0 Å². The summed E-state index contributed by atoms with van der Waals surface area (Å²) in [7, 11) is 0. The van der Waals surface area contributed by atoms with Crippen LogP contribution in [0.15, 0.2) is 152 Å². The summed E-state index contributed by atoms with van der Waals surface area (Å²) in [5.74, 6) is 0. The van der Waals surface area contributed by atoms with Crippen LogP contribution in [0.3, 0.4) is 0 Å². The predicted octanol–water partition coefficient (Wildman–Crippen LogP) is 11.5. The van der Waals surface area contributed by atoms with E-state index in [1.807, 2.05) is 84.9 Å². The average Bonchev–Trinajstić information content (AvgIpc) is 3.70. The summed E-state index contributed by atoms with van der Waals surface area (Å²) in [4.78, 5) is 3.93. The number of benzene rings is 7. The lowest BCUT2D eigenvalue weighted by atomic mass is 9.94. The number of nitriles is 2. The molecule has 0 aliphatic carbocycles. The minimum absolute atomic E-state index is 0.537. The highest BCUT2D eigenvalue weighted by Crippen LogP contribution is 2.41. The van der Waals surface area contributed by atoms with Gasteiger partial charge in [0.25, 0.3) is 0 Å². The summed E-state index contributed by atoms with van der Waals surface area (Å²) < 4.78 is 4.44. The van der Waals surface area contributed by atoms with Crippen molar-refractivity contribution in [1.29, 1.82) is 10.5 Å². The summed E-state index contributed by atoms with van der Waals surface area (Å²) in [6.45, 7) is 8.09. The first-order valence-corrected chi connectivity index (χ1v) is 16.3. The molecule has 5 heteroatoms. The summed E-state index contributed by atoms with van der Waals surface area (Å²) >= 11 is 0. The predicted molar refractivity (Wildman–Crippen MR) is 202 cm³/mol. The maximum absolute atomic E-state index is 10.4. The van der Waals surface area contributed by atoms with Gasteiger partial charge in [-0.25, -0.2) is 4.85 Å². The number of para-hydroxylation sites is 3. The first-order chi connectivity index (χ1) is 24.7. The molecule has 0 radical (unpaired) electrons. The Hall–Kier alpha value is -7.39. The SMILES string of the molecule is [C-]#[N+]c1ccc(-n2c3ccccc3c3cc(C#N)ccc32)cc1-c1cccc(-c2c(C#N)cccc2-n2c3ccccc3c3ccccc32)c1. The van der Waals surface area contributed by atoms with Gasteiger partial charge in [-0.15, -0.1) is 0 Å². The Morgan fingerprint density at radius 1 is 0.500 bits per heavy atom. The lowest BCUT2D eigenvalue weighted by Gasteiger charge is -2.17. The van der Waals surface area contributed by atoms with Gasteiger partial charge in [0.15, 0.2) is 5.69 Å². The minimum atomic E-state index is 0.537. The summed E-state index contributed by atoms with van der Waals surface area (Å²) in [5, 5.41) is 24.4. The molecule has 2 aromatic heterocycles. The van der Waals surface area contributed by atoms with Gasteiger partial charge in [0.2, 0.25) is 0 Å². The second kappa shape index (κ2) is 11.4. The molecule has 9 rings (SSSR count). The molecule has 0 atom stereocenters. The topological polar surface area (TPSA) is 61.8 Å². The van der Waals surface area contributed by atoms with Gasteiger partial charge in [-0.1, -0.05) is 84.9 Å². The standard InChI is InChI=1S/C45H25N5/c1-48-39-22-21-33(49-40-16-5-4-15-36(40)38-24-29(27-46)20-23-43(38)49)26-37(39)30-10-8-11-31(25-30)45-32(28-47)12-9-19-44(45)50-41-17-6-2-13-34(41)35-14-3-7-18-42(35)50/h2-26H. The van der Waals surface area contributed by atoms with Crippen LogP contribution in [0.4, 0.5) is 5.69 Å². The molecule has 0 aliphatic heterocycles. The molecule has 50 heavy (non-hydrogen) atoms. The van der Waals surface area contributed by atoms with Crippen molar-refractivity contribution in [3.8, 4) is 45.8 Å². The van der Waals surface area contributed by atoms with Gasteiger partial charge >= 0.3 is 0 Å². The van der Waals surface area contributed by atoms with E-state index in [1.54, 1.807) is 0 Å². The van der Waals surface area contributed by atoms with E-state index in [1.165, 1.54) is 0 Å². The highest BCUT2D eigenvalue weighted by atomic mass is 15.0. The van der Waals surface area contributed by atoms with Crippen LogP contribution in [0, 0.1) is 29.2 Å². The zero-order valence-corrected chi connectivity index (χ0v) is 26.7. The zero-order chi connectivity index (χ0) is 33.8. The van der Waals surface area contributed by atoms with Gasteiger partial charge in [0.05, 0.1) is 57.6 Å². The molecule has 0 unspecified atom stereocenters. The van der Waals surface area contributed by atoms with Crippen molar-refractivity contribution in [2.24, 2.45) is 0 Å². The second-order valence-electron chi connectivity index (χ2n) is 12.3. The lowest BCUT2D eigenvalue weighted by Crippen LogP contribution is -1.99. The summed E-state index contributed by atoms with van der Waals surface area (Å²) in [6.07, 6.45) is 0. The Labute approximate surface area is 288 Å². The van der Waals surface area contributed by atoms with E-state index < -0.39 is 0 Å². The third kappa shape index (κ3) is 4.31. The summed E-state index contributed by atoms with van der Waals surface area (Å²) in [6, 6.07) is 55.4. The molecule has 0 fully saturated rings. The molecule has 0 saturated heterocycles. The van der Waals surface area contributed by atoms with Crippen molar-refractivity contribution in [1.82, 2.24) is 9.13 Å². The Kier molecular flexibility index (Phi) is 6.56. The van der Waals surface area contributed by atoms with Gasteiger partial charge in [-0.05, 0) is 83.4 Å². The third-order valence-corrected chi connectivity index (χ3v) is 9.61. The number of nitrogens with zero attached hydrogens (tertiary/aromatic N) is 5. The first kappa shape index (κ1) is 28.8. The molecular formula is C45H25N5. The number of rotatable bonds is 4. The van der Waals surface area contributed by atoms with E-state index >= 15 is 0 Å². The van der Waals surface area contributed by atoms with Gasteiger partial charge in [-0.2, -0.15) is 10.5 Å². The molecule has 7 aromatic carbocycles. The summed E-state index contributed by atoms with van der Waals surface area (Å²) in [5.41, 5.74) is 11.1. The van der Waals surface area contributed by atoms with Gasteiger partial charge in [-0.3, -0.25) is 0 Å². The van der Waals surface area contributed by atoms with E-state index in [9.17, 15) is 10.5 Å². The Bertz CT molecular complexity index is 2920. The molecule has 0 N–H and O–H groups in total. The Morgan fingerprint density at radius 3 is 1.80 bits per heavy atom. The smallest absolute Gasteiger partial charge is 0.195 e.